The number of anilines is 1. The number of aliphatic hydroxyl groups excluding tert-OH is 2. The molecule has 0 saturated carbocycles. The average molecular weight is 451 g/mol. The van der Waals surface area contributed by atoms with E-state index in [0.29, 0.717) is 5.56 Å². The number of carbonyl (C=O) groups excluding carboxylic acids is 2. The van der Waals surface area contributed by atoms with Crippen LogP contribution in [0.2, 0.25) is 0 Å². The van der Waals surface area contributed by atoms with Gasteiger partial charge in [0.1, 0.15) is 18.0 Å². The fourth-order valence-corrected chi connectivity index (χ4v) is 3.36. The summed E-state index contributed by atoms with van der Waals surface area (Å²) in [6, 6.07) is 17.9. The molecule has 4 unspecified atom stereocenters. The van der Waals surface area contributed by atoms with Gasteiger partial charge < -0.3 is 25.0 Å². The molecule has 33 heavy (non-hydrogen) atoms. The van der Waals surface area contributed by atoms with E-state index in [4.69, 9.17) is 9.47 Å². The van der Waals surface area contributed by atoms with Gasteiger partial charge in [-0.25, -0.2) is 9.59 Å². The van der Waals surface area contributed by atoms with Crippen molar-refractivity contribution >= 4 is 17.7 Å². The summed E-state index contributed by atoms with van der Waals surface area (Å²) in [7, 11) is 0. The Bertz CT molecular complexity index is 1180. The molecule has 3 aromatic rings. The molecule has 1 aliphatic heterocycles. The summed E-state index contributed by atoms with van der Waals surface area (Å²) in [5, 5.41) is 23.0. The zero-order valence-corrected chi connectivity index (χ0v) is 17.3. The molecule has 1 aromatic heterocycles. The van der Waals surface area contributed by atoms with E-state index in [1.165, 1.54) is 24.4 Å². The van der Waals surface area contributed by atoms with Crippen LogP contribution in [-0.2, 0) is 9.47 Å². The third-order valence-electron chi connectivity index (χ3n) is 5.08. The molecule has 2 aromatic carbocycles. The zero-order valence-electron chi connectivity index (χ0n) is 17.3. The van der Waals surface area contributed by atoms with E-state index in [1.807, 2.05) is 0 Å². The topological polar surface area (TPSA) is 140 Å². The number of hydrogen-bond donors (Lipinski definition) is 3. The van der Waals surface area contributed by atoms with E-state index in [2.05, 4.69) is 10.3 Å². The van der Waals surface area contributed by atoms with Crippen molar-refractivity contribution in [2.24, 2.45) is 0 Å². The van der Waals surface area contributed by atoms with E-state index in [9.17, 15) is 24.6 Å². The summed E-state index contributed by atoms with van der Waals surface area (Å²) < 4.78 is 11.9. The third kappa shape index (κ3) is 4.98. The molecule has 4 atom stereocenters. The standard InChI is InChI=1S/C23H21N3O7/c27-16-13-32-21(19(18(16)28)33-22(30)15-9-5-2-6-10-15)26-12-11-17(25-23(26)31)24-20(29)14-7-3-1-4-8-14/h1-12,16,18-19,21,27-28H,13H2,(H,24,25,29,31). The Hall–Kier alpha value is -3.86. The lowest BCUT2D eigenvalue weighted by Crippen LogP contribution is -2.54. The van der Waals surface area contributed by atoms with Crippen molar-refractivity contribution in [3.63, 3.8) is 0 Å². The molecule has 0 spiro atoms. The van der Waals surface area contributed by atoms with Crippen LogP contribution in [0.3, 0.4) is 0 Å². The van der Waals surface area contributed by atoms with Gasteiger partial charge >= 0.3 is 11.7 Å². The van der Waals surface area contributed by atoms with Crippen LogP contribution < -0.4 is 11.0 Å². The van der Waals surface area contributed by atoms with Crippen molar-refractivity contribution in [2.45, 2.75) is 24.5 Å². The molecule has 1 amide bonds. The van der Waals surface area contributed by atoms with Crippen LogP contribution in [0.1, 0.15) is 26.9 Å². The predicted molar refractivity (Wildman–Crippen MR) is 116 cm³/mol. The molecule has 2 heterocycles. The van der Waals surface area contributed by atoms with Crippen molar-refractivity contribution in [3.05, 3.63) is 94.5 Å². The van der Waals surface area contributed by atoms with E-state index in [0.717, 1.165) is 4.57 Å². The number of nitrogens with zero attached hydrogens (tertiary/aromatic N) is 2. The van der Waals surface area contributed by atoms with Crippen LogP contribution in [0.15, 0.2) is 77.7 Å². The molecule has 0 radical (unpaired) electrons. The number of aromatic nitrogens is 2. The molecule has 10 nitrogen and oxygen atoms in total. The number of hydrogen-bond acceptors (Lipinski definition) is 8. The van der Waals surface area contributed by atoms with E-state index >= 15 is 0 Å². The lowest BCUT2D eigenvalue weighted by atomic mass is 10.0. The van der Waals surface area contributed by atoms with E-state index in [1.54, 1.807) is 48.5 Å². The molecule has 170 valence electrons. The number of rotatable bonds is 5. The van der Waals surface area contributed by atoms with Gasteiger partial charge in [-0.05, 0) is 30.3 Å². The summed E-state index contributed by atoms with van der Waals surface area (Å²) in [6.07, 6.45) is -4.14. The number of nitrogens with one attached hydrogen (secondary N) is 1. The quantitative estimate of drug-likeness (QED) is 0.488. The number of amides is 1. The summed E-state index contributed by atoms with van der Waals surface area (Å²) in [6.45, 7) is -0.288. The van der Waals surface area contributed by atoms with Crippen molar-refractivity contribution in [1.82, 2.24) is 9.55 Å². The zero-order chi connectivity index (χ0) is 23.4. The monoisotopic (exact) mass is 451 g/mol. The van der Waals surface area contributed by atoms with E-state index < -0.39 is 42.1 Å². The van der Waals surface area contributed by atoms with Crippen LogP contribution in [0.4, 0.5) is 5.82 Å². The van der Waals surface area contributed by atoms with Gasteiger partial charge in [0.05, 0.1) is 12.2 Å². The fraction of sp³-hybridized carbons (Fsp3) is 0.217. The molecule has 10 heteroatoms. The van der Waals surface area contributed by atoms with Gasteiger partial charge in [-0.15, -0.1) is 0 Å². The Morgan fingerprint density at radius 1 is 1.00 bits per heavy atom. The highest BCUT2D eigenvalue weighted by Crippen LogP contribution is 2.27. The first kappa shape index (κ1) is 22.3. The van der Waals surface area contributed by atoms with Gasteiger partial charge in [0.25, 0.3) is 5.91 Å². The maximum atomic E-state index is 12.7. The molecule has 4 rings (SSSR count). The largest absolute Gasteiger partial charge is 0.451 e. The third-order valence-corrected chi connectivity index (χ3v) is 5.08. The van der Waals surface area contributed by atoms with E-state index in [-0.39, 0.29) is 18.0 Å². The van der Waals surface area contributed by atoms with Crippen LogP contribution in [0.25, 0.3) is 0 Å². The highest BCUT2D eigenvalue weighted by atomic mass is 16.6. The van der Waals surface area contributed by atoms with Gasteiger partial charge in [-0.3, -0.25) is 9.36 Å². The minimum atomic E-state index is -1.50. The van der Waals surface area contributed by atoms with Gasteiger partial charge in [-0.2, -0.15) is 4.98 Å². The normalized spacial score (nSPS) is 22.4. The average Bonchev–Trinajstić information content (AvgIpc) is 2.84. The minimum Gasteiger partial charge on any atom is -0.451 e. The first-order chi connectivity index (χ1) is 15.9. The predicted octanol–water partition coefficient (Wildman–Crippen LogP) is 0.972. The fourth-order valence-electron chi connectivity index (χ4n) is 3.36. The van der Waals surface area contributed by atoms with Crippen molar-refractivity contribution < 1.29 is 29.3 Å². The second-order valence-corrected chi connectivity index (χ2v) is 7.34. The van der Waals surface area contributed by atoms with Crippen molar-refractivity contribution in [2.75, 3.05) is 11.9 Å². The molecule has 0 aliphatic carbocycles. The second kappa shape index (κ2) is 9.74. The Morgan fingerprint density at radius 2 is 1.64 bits per heavy atom. The molecule has 0 bridgehead atoms. The number of benzene rings is 2. The molecule has 1 fully saturated rings. The minimum absolute atomic E-state index is 0.0133. The van der Waals surface area contributed by atoms with Crippen LogP contribution in [0, 0.1) is 0 Å². The van der Waals surface area contributed by atoms with Crippen LogP contribution in [-0.4, -0.2) is 56.6 Å². The summed E-state index contributed by atoms with van der Waals surface area (Å²) in [4.78, 5) is 41.3. The smallest absolute Gasteiger partial charge is 0.351 e. The number of carbonyl (C=O) groups is 2. The lowest BCUT2D eigenvalue weighted by Gasteiger charge is -2.38. The van der Waals surface area contributed by atoms with Gasteiger partial charge in [0, 0.05) is 11.8 Å². The Kier molecular flexibility index (Phi) is 6.59. The first-order valence-electron chi connectivity index (χ1n) is 10.1. The SMILES string of the molecule is O=C(Nc1ccn(C2OCC(O)C(O)C2OC(=O)c2ccccc2)c(=O)n1)c1ccccc1. The molecule has 1 aliphatic rings. The lowest BCUT2D eigenvalue weighted by molar-refractivity contribution is -0.212. The van der Waals surface area contributed by atoms with Crippen LogP contribution in [0.5, 0.6) is 0 Å². The molecular weight excluding hydrogens is 430 g/mol. The highest BCUT2D eigenvalue weighted by molar-refractivity contribution is 6.03. The van der Waals surface area contributed by atoms with Gasteiger partial charge in [0.2, 0.25) is 0 Å². The molecule has 1 saturated heterocycles. The Labute approximate surface area is 188 Å². The second-order valence-electron chi connectivity index (χ2n) is 7.34. The van der Waals surface area contributed by atoms with Gasteiger partial charge in [0.15, 0.2) is 12.3 Å². The summed E-state index contributed by atoms with van der Waals surface area (Å²) >= 11 is 0. The van der Waals surface area contributed by atoms with Crippen molar-refractivity contribution in [3.8, 4) is 0 Å². The van der Waals surface area contributed by atoms with Gasteiger partial charge in [-0.1, -0.05) is 36.4 Å². The number of aliphatic hydroxyl groups is 2. The highest BCUT2D eigenvalue weighted by Gasteiger charge is 2.43. The Balaban J connectivity index is 1.56. The summed E-state index contributed by atoms with van der Waals surface area (Å²) in [5.41, 5.74) is -0.188. The molecular formula is C23H21N3O7. The van der Waals surface area contributed by atoms with Crippen molar-refractivity contribution in [1.29, 1.82) is 0 Å². The maximum Gasteiger partial charge on any atom is 0.351 e. The number of esters is 1. The van der Waals surface area contributed by atoms with Crippen LogP contribution >= 0.6 is 0 Å². The molecule has 3 N–H and O–H groups in total. The maximum absolute atomic E-state index is 12.7. The first-order valence-corrected chi connectivity index (χ1v) is 10.1. The Morgan fingerprint density at radius 3 is 2.27 bits per heavy atom. The summed E-state index contributed by atoms with van der Waals surface area (Å²) in [5.74, 6) is -1.18. The number of ether oxygens (including phenoxy) is 2.